The molecule has 0 saturated heterocycles. The van der Waals surface area contributed by atoms with Crippen molar-refractivity contribution in [2.45, 2.75) is 0 Å². The van der Waals surface area contributed by atoms with Gasteiger partial charge in [-0.25, -0.2) is 0 Å². The molecule has 26 heavy (non-hydrogen) atoms. The van der Waals surface area contributed by atoms with Crippen LogP contribution in [-0.4, -0.2) is 0 Å². The number of rotatable bonds is 1. The highest BCUT2D eigenvalue weighted by atomic mass is 32.1. The Bertz CT molecular complexity index is 1230. The minimum atomic E-state index is 1.35. The van der Waals surface area contributed by atoms with E-state index in [9.17, 15) is 0 Å². The molecule has 0 atom stereocenters. The van der Waals surface area contributed by atoms with Crippen molar-refractivity contribution in [2.24, 2.45) is 0 Å². The SMILES string of the molecule is c1ccc2c(-c3c4cccccc-4c4sccc34)c3ccsc3c-2cc1. The molecule has 0 saturated carbocycles. The molecule has 0 N–H and O–H groups in total. The fraction of sp³-hybridized carbons (Fsp3) is 0. The summed E-state index contributed by atoms with van der Waals surface area (Å²) < 4.78 is 2.79. The Morgan fingerprint density at radius 1 is 0.423 bits per heavy atom. The van der Waals surface area contributed by atoms with Crippen LogP contribution in [0.5, 0.6) is 0 Å². The lowest BCUT2D eigenvalue weighted by atomic mass is 9.97. The summed E-state index contributed by atoms with van der Waals surface area (Å²) in [6, 6.07) is 26.5. The average molecular weight is 367 g/mol. The van der Waals surface area contributed by atoms with Crippen LogP contribution < -0.4 is 0 Å². The van der Waals surface area contributed by atoms with E-state index in [2.05, 4.69) is 83.6 Å². The monoisotopic (exact) mass is 366 g/mol. The minimum Gasteiger partial charge on any atom is -0.143 e. The summed E-state index contributed by atoms with van der Waals surface area (Å²) in [5.74, 6) is 0. The highest BCUT2D eigenvalue weighted by molar-refractivity contribution is 7.18. The van der Waals surface area contributed by atoms with Crippen LogP contribution in [-0.2, 0) is 0 Å². The zero-order valence-electron chi connectivity index (χ0n) is 13.9. The molecule has 0 unspecified atom stereocenters. The lowest BCUT2D eigenvalue weighted by Gasteiger charge is -2.05. The molecule has 2 aromatic rings. The van der Waals surface area contributed by atoms with Crippen molar-refractivity contribution < 1.29 is 0 Å². The first kappa shape index (κ1) is 14.5. The van der Waals surface area contributed by atoms with Crippen LogP contribution in [0.15, 0.2) is 83.6 Å². The second kappa shape index (κ2) is 5.41. The highest BCUT2D eigenvalue weighted by Gasteiger charge is 2.26. The number of hydrogen-bond acceptors (Lipinski definition) is 2. The lowest BCUT2D eigenvalue weighted by molar-refractivity contribution is 1.78. The summed E-state index contributed by atoms with van der Waals surface area (Å²) in [7, 11) is 0. The largest absolute Gasteiger partial charge is 0.143 e. The standard InChI is InChI=1S/C24H14S2/c1-3-7-15-17(9-5-1)23-19(11-13-25-23)21(15)22-16-8-4-2-6-10-18(16)24-20(22)12-14-26-24/h1-14H. The van der Waals surface area contributed by atoms with Gasteiger partial charge < -0.3 is 0 Å². The van der Waals surface area contributed by atoms with Crippen LogP contribution in [0, 0.1) is 0 Å². The second-order valence-electron chi connectivity index (χ2n) is 6.55. The maximum Gasteiger partial charge on any atom is 0.0427 e. The third kappa shape index (κ3) is 1.83. The predicted octanol–water partition coefficient (Wildman–Crippen LogP) is 7.99. The van der Waals surface area contributed by atoms with E-state index >= 15 is 0 Å². The van der Waals surface area contributed by atoms with Crippen LogP contribution >= 0.6 is 22.7 Å². The quantitative estimate of drug-likeness (QED) is 0.276. The lowest BCUT2D eigenvalue weighted by Crippen LogP contribution is -1.78. The topological polar surface area (TPSA) is 0 Å². The molecule has 2 aromatic heterocycles. The molecule has 0 nitrogen and oxygen atoms in total. The average Bonchev–Trinajstić information content (AvgIpc) is 3.32. The van der Waals surface area contributed by atoms with Gasteiger partial charge in [0.1, 0.15) is 0 Å². The fourth-order valence-electron chi connectivity index (χ4n) is 4.18. The van der Waals surface area contributed by atoms with Crippen molar-refractivity contribution in [3.05, 3.63) is 83.6 Å². The van der Waals surface area contributed by atoms with Gasteiger partial charge in [0.15, 0.2) is 0 Å². The molecular formula is C24H14S2. The van der Waals surface area contributed by atoms with E-state index < -0.39 is 0 Å². The third-order valence-electron chi connectivity index (χ3n) is 5.22. The molecule has 0 spiro atoms. The summed E-state index contributed by atoms with van der Waals surface area (Å²) in [5.41, 5.74) is 8.18. The van der Waals surface area contributed by atoms with Crippen molar-refractivity contribution in [1.29, 1.82) is 0 Å². The molecule has 122 valence electrons. The first-order valence-corrected chi connectivity index (χ1v) is 10.5. The van der Waals surface area contributed by atoms with Crippen molar-refractivity contribution in [1.82, 2.24) is 0 Å². The van der Waals surface area contributed by atoms with Crippen molar-refractivity contribution in [3.63, 3.8) is 0 Å². The molecule has 2 heteroatoms. The van der Waals surface area contributed by atoms with Crippen LogP contribution in [0.4, 0.5) is 0 Å². The molecule has 0 radical (unpaired) electrons. The van der Waals surface area contributed by atoms with Gasteiger partial charge in [0.25, 0.3) is 0 Å². The van der Waals surface area contributed by atoms with Gasteiger partial charge in [-0.05, 0) is 45.1 Å². The Kier molecular flexibility index (Phi) is 3.01. The Morgan fingerprint density at radius 3 is 1.31 bits per heavy atom. The molecule has 0 aliphatic heterocycles. The van der Waals surface area contributed by atoms with E-state index in [4.69, 9.17) is 0 Å². The molecule has 0 amide bonds. The molecule has 6 rings (SSSR count). The molecular weight excluding hydrogens is 352 g/mol. The molecule has 2 heterocycles. The van der Waals surface area contributed by atoms with Crippen molar-refractivity contribution in [2.75, 3.05) is 0 Å². The summed E-state index contributed by atoms with van der Waals surface area (Å²) >= 11 is 3.69. The third-order valence-corrected chi connectivity index (χ3v) is 7.12. The zero-order chi connectivity index (χ0) is 17.1. The van der Waals surface area contributed by atoms with Gasteiger partial charge >= 0.3 is 0 Å². The van der Waals surface area contributed by atoms with E-state index in [1.54, 1.807) is 0 Å². The minimum absolute atomic E-state index is 1.35. The van der Waals surface area contributed by atoms with Crippen molar-refractivity contribution in [3.8, 4) is 33.4 Å². The Balaban J connectivity index is 1.86. The van der Waals surface area contributed by atoms with E-state index in [0.29, 0.717) is 0 Å². The highest BCUT2D eigenvalue weighted by Crippen LogP contribution is 2.54. The van der Waals surface area contributed by atoms with Crippen LogP contribution in [0.3, 0.4) is 0 Å². The van der Waals surface area contributed by atoms with Gasteiger partial charge in [-0.1, -0.05) is 60.7 Å². The van der Waals surface area contributed by atoms with Crippen LogP contribution in [0.1, 0.15) is 0 Å². The Hall–Kier alpha value is -2.68. The zero-order valence-corrected chi connectivity index (χ0v) is 15.5. The van der Waals surface area contributed by atoms with Gasteiger partial charge in [-0.15, -0.1) is 22.7 Å². The number of fused-ring (bicyclic) bond motifs is 6. The maximum atomic E-state index is 2.29. The van der Waals surface area contributed by atoms with Gasteiger partial charge in [-0.3, -0.25) is 0 Å². The number of hydrogen-bond donors (Lipinski definition) is 0. The molecule has 4 aliphatic rings. The summed E-state index contributed by atoms with van der Waals surface area (Å²) in [6.07, 6.45) is 0. The second-order valence-corrected chi connectivity index (χ2v) is 8.39. The van der Waals surface area contributed by atoms with Crippen LogP contribution in [0.2, 0.25) is 0 Å². The molecule has 0 bridgehead atoms. The van der Waals surface area contributed by atoms with E-state index in [0.717, 1.165) is 0 Å². The van der Waals surface area contributed by atoms with Gasteiger partial charge in [0.2, 0.25) is 0 Å². The summed E-state index contributed by atoms with van der Waals surface area (Å²) in [5, 5.41) is 7.19. The smallest absolute Gasteiger partial charge is 0.0427 e. The van der Waals surface area contributed by atoms with Gasteiger partial charge in [0.05, 0.1) is 0 Å². The normalized spacial score (nSPS) is 11.8. The Labute approximate surface area is 159 Å². The van der Waals surface area contributed by atoms with Crippen LogP contribution in [0.25, 0.3) is 53.6 Å². The first-order chi connectivity index (χ1) is 12.9. The molecule has 0 aromatic carbocycles. The predicted molar refractivity (Wildman–Crippen MR) is 116 cm³/mol. The van der Waals surface area contributed by atoms with Crippen molar-refractivity contribution >= 4 is 42.8 Å². The molecule has 0 fully saturated rings. The summed E-state index contributed by atoms with van der Waals surface area (Å²) in [6.45, 7) is 0. The summed E-state index contributed by atoms with van der Waals surface area (Å²) in [4.78, 5) is 0. The maximum absolute atomic E-state index is 2.29. The first-order valence-electron chi connectivity index (χ1n) is 8.70. The van der Waals surface area contributed by atoms with E-state index in [-0.39, 0.29) is 0 Å². The Morgan fingerprint density at radius 2 is 0.846 bits per heavy atom. The van der Waals surface area contributed by atoms with Gasteiger partial charge in [0, 0.05) is 31.3 Å². The fourth-order valence-corrected chi connectivity index (χ4v) is 6.07. The van der Waals surface area contributed by atoms with E-state index in [1.807, 2.05) is 22.7 Å². The van der Waals surface area contributed by atoms with E-state index in [1.165, 1.54) is 53.6 Å². The number of thiophene rings is 2. The molecule has 4 aliphatic carbocycles. The van der Waals surface area contributed by atoms with Gasteiger partial charge in [-0.2, -0.15) is 0 Å².